The Labute approximate surface area is 97.3 Å². The minimum atomic E-state index is -0.0376. The van der Waals surface area contributed by atoms with E-state index in [4.69, 9.17) is 4.74 Å². The van der Waals surface area contributed by atoms with E-state index in [1.165, 1.54) is 0 Å². The maximum Gasteiger partial charge on any atom is 0.241 e. The number of hydrogen-bond donors (Lipinski definition) is 1. The maximum atomic E-state index is 12.1. The molecule has 2 heterocycles. The Balaban J connectivity index is 2.12. The fourth-order valence-corrected chi connectivity index (χ4v) is 2.79. The van der Waals surface area contributed by atoms with Crippen molar-refractivity contribution in [2.45, 2.75) is 64.4 Å². The van der Waals surface area contributed by atoms with Crippen LogP contribution in [0.25, 0.3) is 0 Å². The summed E-state index contributed by atoms with van der Waals surface area (Å²) in [5.74, 6) is 0.237. The van der Waals surface area contributed by atoms with E-state index in [1.807, 2.05) is 11.8 Å². The zero-order valence-electron chi connectivity index (χ0n) is 10.4. The molecule has 1 amide bonds. The minimum absolute atomic E-state index is 0.0376. The van der Waals surface area contributed by atoms with Gasteiger partial charge in [-0.15, -0.1) is 0 Å². The molecule has 0 radical (unpaired) electrons. The number of nitrogens with one attached hydrogen (secondary N) is 1. The Morgan fingerprint density at radius 1 is 1.50 bits per heavy atom. The molecule has 4 nitrogen and oxygen atoms in total. The first kappa shape index (κ1) is 11.9. The van der Waals surface area contributed by atoms with Crippen molar-refractivity contribution in [3.05, 3.63) is 0 Å². The number of hydrogen-bond acceptors (Lipinski definition) is 3. The lowest BCUT2D eigenvalue weighted by molar-refractivity contribution is -0.133. The van der Waals surface area contributed by atoms with Crippen LogP contribution < -0.4 is 5.32 Å². The van der Waals surface area contributed by atoms with Crippen molar-refractivity contribution in [1.82, 2.24) is 10.2 Å². The van der Waals surface area contributed by atoms with E-state index in [1.54, 1.807) is 0 Å². The maximum absolute atomic E-state index is 12.1. The predicted octanol–water partition coefficient (Wildman–Crippen LogP) is 1.11. The van der Waals surface area contributed by atoms with Gasteiger partial charge in [0.05, 0.1) is 24.4 Å². The Morgan fingerprint density at radius 3 is 2.81 bits per heavy atom. The monoisotopic (exact) mass is 226 g/mol. The van der Waals surface area contributed by atoms with Gasteiger partial charge in [0, 0.05) is 6.61 Å². The molecule has 0 bridgehead atoms. The van der Waals surface area contributed by atoms with E-state index >= 15 is 0 Å². The van der Waals surface area contributed by atoms with E-state index < -0.39 is 0 Å². The lowest BCUT2D eigenvalue weighted by Crippen LogP contribution is -2.47. The van der Waals surface area contributed by atoms with E-state index in [-0.39, 0.29) is 30.3 Å². The fourth-order valence-electron chi connectivity index (χ4n) is 2.79. The molecule has 0 spiro atoms. The molecule has 2 aliphatic rings. The molecule has 92 valence electrons. The van der Waals surface area contributed by atoms with Gasteiger partial charge in [-0.05, 0) is 26.7 Å². The smallest absolute Gasteiger partial charge is 0.241 e. The second kappa shape index (κ2) is 4.72. The van der Waals surface area contributed by atoms with Crippen molar-refractivity contribution < 1.29 is 9.53 Å². The van der Waals surface area contributed by atoms with Crippen LogP contribution in [0.3, 0.4) is 0 Å². The molecule has 0 aromatic heterocycles. The van der Waals surface area contributed by atoms with Crippen molar-refractivity contribution in [3.8, 4) is 0 Å². The largest absolute Gasteiger partial charge is 0.376 e. The van der Waals surface area contributed by atoms with Crippen molar-refractivity contribution in [3.63, 3.8) is 0 Å². The van der Waals surface area contributed by atoms with Gasteiger partial charge in [-0.1, -0.05) is 13.3 Å². The molecule has 2 aliphatic heterocycles. The highest BCUT2D eigenvalue weighted by Crippen LogP contribution is 2.26. The Bertz CT molecular complexity index is 270. The highest BCUT2D eigenvalue weighted by molar-refractivity contribution is 5.84. The van der Waals surface area contributed by atoms with Gasteiger partial charge in [-0.2, -0.15) is 0 Å². The lowest BCUT2D eigenvalue weighted by Gasteiger charge is -2.31. The predicted molar refractivity (Wildman–Crippen MR) is 62.0 cm³/mol. The fraction of sp³-hybridized carbons (Fsp3) is 0.917. The molecule has 16 heavy (non-hydrogen) atoms. The average molecular weight is 226 g/mol. The first-order chi connectivity index (χ1) is 7.65. The highest BCUT2D eigenvalue weighted by Gasteiger charge is 2.43. The Hall–Kier alpha value is -0.610. The summed E-state index contributed by atoms with van der Waals surface area (Å²) in [5.41, 5.74) is 0. The van der Waals surface area contributed by atoms with Crippen molar-refractivity contribution >= 4 is 5.91 Å². The quantitative estimate of drug-likeness (QED) is 0.784. The van der Waals surface area contributed by atoms with Crippen LogP contribution in [0.4, 0.5) is 0 Å². The summed E-state index contributed by atoms with van der Waals surface area (Å²) in [4.78, 5) is 14.2. The Morgan fingerprint density at radius 2 is 2.25 bits per heavy atom. The second-order valence-corrected chi connectivity index (χ2v) is 4.87. The molecule has 2 rings (SSSR count). The molecule has 0 saturated carbocycles. The molecule has 4 atom stereocenters. The summed E-state index contributed by atoms with van der Waals surface area (Å²) < 4.78 is 5.57. The number of rotatable bonds is 3. The van der Waals surface area contributed by atoms with E-state index in [0.717, 1.165) is 25.9 Å². The normalized spacial score (nSPS) is 39.7. The van der Waals surface area contributed by atoms with Crippen LogP contribution in [0.1, 0.15) is 40.0 Å². The molecule has 4 heteroatoms. The van der Waals surface area contributed by atoms with Crippen LogP contribution in [-0.2, 0) is 9.53 Å². The third-order valence-corrected chi connectivity index (χ3v) is 3.66. The van der Waals surface area contributed by atoms with Crippen LogP contribution in [0, 0.1) is 0 Å². The first-order valence-electron chi connectivity index (χ1n) is 6.35. The molecular formula is C12H22N2O2. The molecule has 2 fully saturated rings. The van der Waals surface area contributed by atoms with Gasteiger partial charge in [-0.3, -0.25) is 10.1 Å². The summed E-state index contributed by atoms with van der Waals surface area (Å²) in [6.07, 6.45) is 3.48. The minimum Gasteiger partial charge on any atom is -0.376 e. The molecular weight excluding hydrogens is 204 g/mol. The van der Waals surface area contributed by atoms with Gasteiger partial charge in [0.1, 0.15) is 0 Å². The standard InChI is InChI=1S/C12H22N2O2/c1-4-5-11-13-8(2)12(15)14(11)10-6-7-16-9(10)3/h8-11,13H,4-7H2,1-3H3. The van der Waals surface area contributed by atoms with Crippen molar-refractivity contribution in [2.75, 3.05) is 6.61 Å². The van der Waals surface area contributed by atoms with Crippen LogP contribution in [-0.4, -0.2) is 41.8 Å². The van der Waals surface area contributed by atoms with Crippen LogP contribution in [0.15, 0.2) is 0 Å². The Kier molecular flexibility index (Phi) is 3.50. The topological polar surface area (TPSA) is 41.6 Å². The van der Waals surface area contributed by atoms with Gasteiger partial charge >= 0.3 is 0 Å². The van der Waals surface area contributed by atoms with E-state index in [0.29, 0.717) is 0 Å². The van der Waals surface area contributed by atoms with Gasteiger partial charge in [0.15, 0.2) is 0 Å². The summed E-state index contributed by atoms with van der Waals surface area (Å²) in [5, 5.41) is 3.37. The molecule has 0 aromatic rings. The van der Waals surface area contributed by atoms with Crippen LogP contribution in [0.2, 0.25) is 0 Å². The number of carbonyl (C=O) groups excluding carboxylic acids is 1. The van der Waals surface area contributed by atoms with Crippen LogP contribution >= 0.6 is 0 Å². The average Bonchev–Trinajstić information content (AvgIpc) is 2.75. The first-order valence-corrected chi connectivity index (χ1v) is 6.35. The number of carbonyl (C=O) groups is 1. The summed E-state index contributed by atoms with van der Waals surface area (Å²) in [6, 6.07) is 0.228. The third kappa shape index (κ3) is 1.96. The molecule has 1 N–H and O–H groups in total. The van der Waals surface area contributed by atoms with Gasteiger partial charge in [-0.25, -0.2) is 0 Å². The van der Waals surface area contributed by atoms with Crippen LogP contribution in [0.5, 0.6) is 0 Å². The number of nitrogens with zero attached hydrogens (tertiary/aromatic N) is 1. The van der Waals surface area contributed by atoms with E-state index in [2.05, 4.69) is 19.2 Å². The van der Waals surface area contributed by atoms with E-state index in [9.17, 15) is 4.79 Å². The van der Waals surface area contributed by atoms with Gasteiger partial charge in [0.25, 0.3) is 0 Å². The molecule has 0 aliphatic carbocycles. The van der Waals surface area contributed by atoms with Gasteiger partial charge < -0.3 is 9.64 Å². The highest BCUT2D eigenvalue weighted by atomic mass is 16.5. The zero-order chi connectivity index (χ0) is 11.7. The van der Waals surface area contributed by atoms with Gasteiger partial charge in [0.2, 0.25) is 5.91 Å². The summed E-state index contributed by atoms with van der Waals surface area (Å²) in [6.45, 7) is 6.95. The van der Waals surface area contributed by atoms with Crippen molar-refractivity contribution in [1.29, 1.82) is 0 Å². The molecule has 2 saturated heterocycles. The van der Waals surface area contributed by atoms with Crippen molar-refractivity contribution in [2.24, 2.45) is 0 Å². The number of ether oxygens (including phenoxy) is 1. The second-order valence-electron chi connectivity index (χ2n) is 4.87. The lowest BCUT2D eigenvalue weighted by atomic mass is 10.1. The number of amides is 1. The summed E-state index contributed by atoms with van der Waals surface area (Å²) in [7, 11) is 0. The summed E-state index contributed by atoms with van der Waals surface area (Å²) >= 11 is 0. The SMILES string of the molecule is CCCC1NC(C)C(=O)N1C1CCOC1C. The molecule has 4 unspecified atom stereocenters. The third-order valence-electron chi connectivity index (χ3n) is 3.66. The molecule has 0 aromatic carbocycles. The zero-order valence-corrected chi connectivity index (χ0v) is 10.4.